The number of rotatable bonds is 5. The van der Waals surface area contributed by atoms with Crippen molar-refractivity contribution >= 4 is 0 Å². The van der Waals surface area contributed by atoms with Gasteiger partial charge < -0.3 is 10.2 Å². The summed E-state index contributed by atoms with van der Waals surface area (Å²) in [7, 11) is 4.21. The second kappa shape index (κ2) is 6.88. The molecule has 3 atom stereocenters. The normalized spacial score (nSPS) is 27.7. The van der Waals surface area contributed by atoms with E-state index in [1.165, 1.54) is 19.3 Å². The third-order valence-corrected chi connectivity index (χ3v) is 3.44. The Morgan fingerprint density at radius 1 is 1.38 bits per heavy atom. The zero-order valence-corrected chi connectivity index (χ0v) is 10.9. The van der Waals surface area contributed by atoms with Gasteiger partial charge in [0.25, 0.3) is 0 Å². The Kier molecular flexibility index (Phi) is 5.79. The van der Waals surface area contributed by atoms with Crippen LogP contribution in [0.2, 0.25) is 0 Å². The number of nitriles is 1. The Hall–Kier alpha value is -0.590. The minimum Gasteiger partial charge on any atom is -0.310 e. The first-order chi connectivity index (χ1) is 7.63. The molecule has 0 radical (unpaired) electrons. The van der Waals surface area contributed by atoms with Gasteiger partial charge in [-0.1, -0.05) is 12.8 Å². The SMILES string of the molecule is CC(CCN(C)C)NC1CCCCC1C#N. The molecule has 0 aromatic rings. The van der Waals surface area contributed by atoms with Gasteiger partial charge in [-0.15, -0.1) is 0 Å². The molecule has 0 amide bonds. The minimum atomic E-state index is 0.232. The van der Waals surface area contributed by atoms with E-state index in [0.717, 1.165) is 19.4 Å². The summed E-state index contributed by atoms with van der Waals surface area (Å²) in [5.74, 6) is 0.232. The Morgan fingerprint density at radius 2 is 2.06 bits per heavy atom. The summed E-state index contributed by atoms with van der Waals surface area (Å²) in [6.45, 7) is 3.34. The highest BCUT2D eigenvalue weighted by molar-refractivity contribution is 4.95. The van der Waals surface area contributed by atoms with Crippen LogP contribution in [0.1, 0.15) is 39.0 Å². The fourth-order valence-corrected chi connectivity index (χ4v) is 2.39. The average Bonchev–Trinajstić information content (AvgIpc) is 2.27. The fraction of sp³-hybridized carbons (Fsp3) is 0.923. The van der Waals surface area contributed by atoms with Crippen LogP contribution in [0.25, 0.3) is 0 Å². The molecule has 3 heteroatoms. The summed E-state index contributed by atoms with van der Waals surface area (Å²) >= 11 is 0. The van der Waals surface area contributed by atoms with E-state index < -0.39 is 0 Å². The molecule has 1 saturated carbocycles. The molecule has 0 bridgehead atoms. The standard InChI is InChI=1S/C13H25N3/c1-11(8-9-16(2)3)15-13-7-5-4-6-12(13)10-14/h11-13,15H,4-9H2,1-3H3. The van der Waals surface area contributed by atoms with Crippen molar-refractivity contribution in [3.05, 3.63) is 0 Å². The van der Waals surface area contributed by atoms with Gasteiger partial charge in [0, 0.05) is 12.1 Å². The van der Waals surface area contributed by atoms with Crippen LogP contribution in [-0.2, 0) is 0 Å². The van der Waals surface area contributed by atoms with Crippen LogP contribution >= 0.6 is 0 Å². The maximum Gasteiger partial charge on any atom is 0.0672 e. The first kappa shape index (κ1) is 13.5. The lowest BCUT2D eigenvalue weighted by Crippen LogP contribution is -2.43. The van der Waals surface area contributed by atoms with Gasteiger partial charge in [0.2, 0.25) is 0 Å². The number of hydrogen-bond acceptors (Lipinski definition) is 3. The number of hydrogen-bond donors (Lipinski definition) is 1. The highest BCUT2D eigenvalue weighted by Crippen LogP contribution is 2.24. The van der Waals surface area contributed by atoms with Crippen LogP contribution in [-0.4, -0.2) is 37.6 Å². The summed E-state index contributed by atoms with van der Waals surface area (Å²) < 4.78 is 0. The summed E-state index contributed by atoms with van der Waals surface area (Å²) in [5, 5.41) is 12.7. The second-order valence-electron chi connectivity index (χ2n) is 5.29. The Morgan fingerprint density at radius 3 is 2.69 bits per heavy atom. The van der Waals surface area contributed by atoms with Crippen LogP contribution in [0.5, 0.6) is 0 Å². The first-order valence-electron chi connectivity index (χ1n) is 6.44. The lowest BCUT2D eigenvalue weighted by Gasteiger charge is -2.30. The molecule has 1 fully saturated rings. The van der Waals surface area contributed by atoms with Crippen molar-refractivity contribution in [3.63, 3.8) is 0 Å². The summed E-state index contributed by atoms with van der Waals surface area (Å²) in [6.07, 6.45) is 5.90. The van der Waals surface area contributed by atoms with Crippen molar-refractivity contribution < 1.29 is 0 Å². The van der Waals surface area contributed by atoms with Crippen LogP contribution in [0.15, 0.2) is 0 Å². The van der Waals surface area contributed by atoms with E-state index in [4.69, 9.17) is 5.26 Å². The van der Waals surface area contributed by atoms with Gasteiger partial charge in [-0.2, -0.15) is 5.26 Å². The molecular formula is C13H25N3. The number of nitrogens with one attached hydrogen (secondary N) is 1. The molecule has 3 nitrogen and oxygen atoms in total. The van der Waals surface area contributed by atoms with E-state index in [9.17, 15) is 0 Å². The minimum absolute atomic E-state index is 0.232. The molecule has 1 aliphatic rings. The van der Waals surface area contributed by atoms with Gasteiger partial charge in [-0.3, -0.25) is 0 Å². The molecule has 1 aliphatic carbocycles. The molecule has 0 aromatic carbocycles. The molecule has 0 aliphatic heterocycles. The van der Waals surface area contributed by atoms with Crippen molar-refractivity contribution in [2.45, 2.75) is 51.1 Å². The molecule has 0 saturated heterocycles. The van der Waals surface area contributed by atoms with Gasteiger partial charge in [0.05, 0.1) is 12.0 Å². The Bertz CT molecular complexity index is 232. The first-order valence-corrected chi connectivity index (χ1v) is 6.44. The molecule has 3 unspecified atom stereocenters. The van der Waals surface area contributed by atoms with Crippen molar-refractivity contribution in [2.75, 3.05) is 20.6 Å². The third kappa shape index (κ3) is 4.51. The molecule has 1 N–H and O–H groups in total. The molecule has 16 heavy (non-hydrogen) atoms. The highest BCUT2D eigenvalue weighted by atomic mass is 15.1. The van der Waals surface area contributed by atoms with Crippen molar-refractivity contribution in [1.29, 1.82) is 5.26 Å². The second-order valence-corrected chi connectivity index (χ2v) is 5.29. The van der Waals surface area contributed by atoms with Crippen LogP contribution in [0.4, 0.5) is 0 Å². The van der Waals surface area contributed by atoms with E-state index >= 15 is 0 Å². The summed E-state index contributed by atoms with van der Waals surface area (Å²) in [4.78, 5) is 2.21. The van der Waals surface area contributed by atoms with Gasteiger partial charge in [-0.25, -0.2) is 0 Å². The predicted molar refractivity (Wildman–Crippen MR) is 67.1 cm³/mol. The quantitative estimate of drug-likeness (QED) is 0.775. The van der Waals surface area contributed by atoms with Gasteiger partial charge in [0.1, 0.15) is 0 Å². The smallest absolute Gasteiger partial charge is 0.0672 e. The zero-order chi connectivity index (χ0) is 12.0. The summed E-state index contributed by atoms with van der Waals surface area (Å²) in [5.41, 5.74) is 0. The van der Waals surface area contributed by atoms with E-state index in [0.29, 0.717) is 12.1 Å². The van der Waals surface area contributed by atoms with E-state index in [1.54, 1.807) is 0 Å². The molecule has 1 rings (SSSR count). The maximum absolute atomic E-state index is 9.09. The topological polar surface area (TPSA) is 39.1 Å². The molecule has 92 valence electrons. The van der Waals surface area contributed by atoms with Crippen molar-refractivity contribution in [3.8, 4) is 6.07 Å². The van der Waals surface area contributed by atoms with Gasteiger partial charge in [-0.05, 0) is 46.8 Å². The third-order valence-electron chi connectivity index (χ3n) is 3.44. The molecule has 0 spiro atoms. The fourth-order valence-electron chi connectivity index (χ4n) is 2.39. The predicted octanol–water partition coefficient (Wildman–Crippen LogP) is 2.00. The maximum atomic E-state index is 9.09. The Labute approximate surface area is 99.8 Å². The van der Waals surface area contributed by atoms with Crippen molar-refractivity contribution in [2.24, 2.45) is 5.92 Å². The van der Waals surface area contributed by atoms with E-state index in [-0.39, 0.29) is 5.92 Å². The van der Waals surface area contributed by atoms with Crippen LogP contribution in [0.3, 0.4) is 0 Å². The van der Waals surface area contributed by atoms with E-state index in [2.05, 4.69) is 37.3 Å². The van der Waals surface area contributed by atoms with Gasteiger partial charge >= 0.3 is 0 Å². The van der Waals surface area contributed by atoms with Crippen LogP contribution in [0, 0.1) is 17.2 Å². The lowest BCUT2D eigenvalue weighted by atomic mass is 9.85. The largest absolute Gasteiger partial charge is 0.310 e. The molecule has 0 aromatic heterocycles. The Balaban J connectivity index is 2.31. The number of nitrogens with zero attached hydrogens (tertiary/aromatic N) is 2. The zero-order valence-electron chi connectivity index (χ0n) is 10.9. The highest BCUT2D eigenvalue weighted by Gasteiger charge is 2.25. The van der Waals surface area contributed by atoms with Crippen LogP contribution < -0.4 is 5.32 Å². The van der Waals surface area contributed by atoms with E-state index in [1.807, 2.05) is 0 Å². The van der Waals surface area contributed by atoms with Crippen molar-refractivity contribution in [1.82, 2.24) is 10.2 Å². The van der Waals surface area contributed by atoms with Gasteiger partial charge in [0.15, 0.2) is 0 Å². The molecular weight excluding hydrogens is 198 g/mol. The summed E-state index contributed by atoms with van der Waals surface area (Å²) in [6, 6.07) is 3.39. The molecule has 0 heterocycles. The lowest BCUT2D eigenvalue weighted by molar-refractivity contribution is 0.274. The average molecular weight is 223 g/mol. The monoisotopic (exact) mass is 223 g/mol.